The van der Waals surface area contributed by atoms with Crippen LogP contribution in [0.5, 0.6) is 0 Å². The first kappa shape index (κ1) is 10.4. The van der Waals surface area contributed by atoms with Gasteiger partial charge in [-0.15, -0.1) is 0 Å². The van der Waals surface area contributed by atoms with Gasteiger partial charge in [0, 0.05) is 0 Å². The summed E-state index contributed by atoms with van der Waals surface area (Å²) in [5, 5.41) is 0. The van der Waals surface area contributed by atoms with Crippen LogP contribution in [0, 0.1) is 4.78 Å². The van der Waals surface area contributed by atoms with Crippen molar-refractivity contribution in [2.24, 2.45) is 0 Å². The van der Waals surface area contributed by atoms with Gasteiger partial charge in [0.15, 0.2) is 0 Å². The summed E-state index contributed by atoms with van der Waals surface area (Å²) in [7, 11) is -2.76. The van der Waals surface area contributed by atoms with Crippen molar-refractivity contribution in [1.82, 2.24) is 0 Å². The van der Waals surface area contributed by atoms with Crippen LogP contribution in [-0.2, 0) is 9.73 Å². The first-order chi connectivity index (χ1) is 7.69. The standard InChI is InChI=1S/C12H9NOS.Bi/c13-15(14,11-7-3-1-4-8-11)12-9-5-2-6-10-12;/h1-7,9,13H;. The van der Waals surface area contributed by atoms with E-state index in [9.17, 15) is 4.21 Å². The molecule has 79 valence electrons. The predicted octanol–water partition coefficient (Wildman–Crippen LogP) is 1.12. The third-order valence-corrected chi connectivity index (χ3v) is 10.7. The van der Waals surface area contributed by atoms with Crippen LogP contribution in [0.15, 0.2) is 58.3 Å². The van der Waals surface area contributed by atoms with Gasteiger partial charge in [0.1, 0.15) is 0 Å². The average molecular weight is 424 g/mol. The van der Waals surface area contributed by atoms with E-state index in [4.69, 9.17) is 4.78 Å². The van der Waals surface area contributed by atoms with Crippen LogP contribution in [0.4, 0.5) is 0 Å². The third-order valence-electron chi connectivity index (χ3n) is 2.59. The van der Waals surface area contributed by atoms with E-state index in [1.807, 2.05) is 48.5 Å². The molecule has 16 heavy (non-hydrogen) atoms. The Hall–Kier alpha value is -0.727. The van der Waals surface area contributed by atoms with E-state index in [2.05, 4.69) is 0 Å². The number of nitrogens with one attached hydrogen (secondary N) is 1. The zero-order valence-corrected chi connectivity index (χ0v) is 12.7. The number of hydrogen-bond acceptors (Lipinski definition) is 2. The van der Waals surface area contributed by atoms with Gasteiger partial charge in [-0.2, -0.15) is 0 Å². The molecular weight excluding hydrogens is 415 g/mol. The zero-order valence-electron chi connectivity index (χ0n) is 8.38. The van der Waals surface area contributed by atoms with Crippen LogP contribution < -0.4 is 6.54 Å². The summed E-state index contributed by atoms with van der Waals surface area (Å²) < 4.78 is 23.1. The second-order valence-corrected chi connectivity index (χ2v) is 10.2. The Kier molecular flexibility index (Phi) is 2.37. The summed E-state index contributed by atoms with van der Waals surface area (Å²) in [6.07, 6.45) is 0. The maximum absolute atomic E-state index is 12.5. The molecule has 2 aromatic rings. The zero-order chi connectivity index (χ0) is 11.2. The fourth-order valence-electron chi connectivity index (χ4n) is 1.83. The van der Waals surface area contributed by atoms with Crippen LogP contribution in [0.25, 0.3) is 0 Å². The quantitative estimate of drug-likeness (QED) is 0.540. The molecule has 0 spiro atoms. The number of rotatable bonds is 0. The molecular formula is C12H9BiNOS. The Bertz CT molecular complexity index is 613. The van der Waals surface area contributed by atoms with Crippen LogP contribution in [0.2, 0.25) is 0 Å². The van der Waals surface area contributed by atoms with E-state index >= 15 is 0 Å². The fourth-order valence-corrected chi connectivity index (χ4v) is 10.8. The predicted molar refractivity (Wildman–Crippen MR) is 65.3 cm³/mol. The van der Waals surface area contributed by atoms with Crippen molar-refractivity contribution in [3.05, 3.63) is 48.5 Å². The number of fused-ring (bicyclic) bond motifs is 2. The van der Waals surface area contributed by atoms with E-state index in [1.54, 1.807) is 0 Å². The molecule has 1 radical (unpaired) electrons. The molecule has 1 heterocycles. The first-order valence-corrected chi connectivity index (χ1v) is 9.92. The minimum absolute atomic E-state index is 0.755. The second kappa shape index (κ2) is 3.64. The van der Waals surface area contributed by atoms with Crippen molar-refractivity contribution in [3.63, 3.8) is 0 Å². The summed E-state index contributed by atoms with van der Waals surface area (Å²) in [6, 6.07) is 15.5. The molecule has 0 aliphatic carbocycles. The van der Waals surface area contributed by atoms with E-state index in [1.165, 1.54) is 6.54 Å². The topological polar surface area (TPSA) is 40.9 Å². The summed E-state index contributed by atoms with van der Waals surface area (Å²) in [6.45, 7) is 0. The molecule has 0 unspecified atom stereocenters. The van der Waals surface area contributed by atoms with Crippen molar-refractivity contribution in [3.8, 4) is 0 Å². The fraction of sp³-hybridized carbons (Fsp3) is 0. The van der Waals surface area contributed by atoms with Gasteiger partial charge in [0.25, 0.3) is 0 Å². The van der Waals surface area contributed by atoms with Crippen LogP contribution in [0.3, 0.4) is 0 Å². The van der Waals surface area contributed by atoms with Crippen molar-refractivity contribution in [2.45, 2.75) is 9.79 Å². The molecule has 2 nitrogen and oxygen atoms in total. The molecule has 4 heteroatoms. The van der Waals surface area contributed by atoms with Gasteiger partial charge >= 0.3 is 107 Å². The molecule has 0 atom stereocenters. The number of benzene rings is 2. The summed E-state index contributed by atoms with van der Waals surface area (Å²) in [4.78, 5) is 1.51. The molecule has 0 bridgehead atoms. The summed E-state index contributed by atoms with van der Waals surface area (Å²) in [5.74, 6) is 0. The number of hydrogen-bond donors (Lipinski definition) is 1. The van der Waals surface area contributed by atoms with E-state index in [0.29, 0.717) is 0 Å². The van der Waals surface area contributed by atoms with Gasteiger partial charge in [-0.3, -0.25) is 0 Å². The van der Waals surface area contributed by atoms with E-state index in [-0.39, 0.29) is 0 Å². The SMILES string of the molecule is N=S1(=O)c2cccc[c]2[Bi][c]2ccccc21. The molecule has 3 rings (SSSR count). The van der Waals surface area contributed by atoms with E-state index < -0.39 is 33.0 Å². The van der Waals surface area contributed by atoms with Crippen molar-refractivity contribution < 1.29 is 4.21 Å². The van der Waals surface area contributed by atoms with Crippen molar-refractivity contribution in [1.29, 1.82) is 4.78 Å². The van der Waals surface area contributed by atoms with Gasteiger partial charge in [0.2, 0.25) is 0 Å². The Balaban J connectivity index is 2.37. The van der Waals surface area contributed by atoms with Gasteiger partial charge in [-0.05, 0) is 0 Å². The maximum atomic E-state index is 12.5. The first-order valence-electron chi connectivity index (χ1n) is 4.88. The van der Waals surface area contributed by atoms with E-state index in [0.717, 1.165) is 9.79 Å². The molecule has 0 amide bonds. The molecule has 0 saturated heterocycles. The van der Waals surface area contributed by atoms with Gasteiger partial charge in [-0.25, -0.2) is 0 Å². The van der Waals surface area contributed by atoms with Crippen LogP contribution in [-0.4, -0.2) is 27.4 Å². The molecule has 0 saturated carbocycles. The Morgan fingerprint density at radius 2 is 1.31 bits per heavy atom. The molecule has 1 aliphatic heterocycles. The van der Waals surface area contributed by atoms with Gasteiger partial charge < -0.3 is 0 Å². The molecule has 0 aromatic heterocycles. The van der Waals surface area contributed by atoms with Crippen molar-refractivity contribution >= 4 is 39.5 Å². The monoisotopic (exact) mass is 424 g/mol. The minimum atomic E-state index is -2.76. The molecule has 1 N–H and O–H groups in total. The molecule has 1 aliphatic rings. The second-order valence-electron chi connectivity index (χ2n) is 3.60. The third kappa shape index (κ3) is 1.44. The van der Waals surface area contributed by atoms with Crippen LogP contribution >= 0.6 is 0 Å². The van der Waals surface area contributed by atoms with Crippen LogP contribution in [0.1, 0.15) is 0 Å². The average Bonchev–Trinajstić information content (AvgIpc) is 2.29. The summed E-state index contributed by atoms with van der Waals surface area (Å²) in [5.41, 5.74) is 0. The Morgan fingerprint density at radius 3 is 1.81 bits per heavy atom. The Labute approximate surface area is 106 Å². The molecule has 2 aromatic carbocycles. The Morgan fingerprint density at radius 1 is 0.875 bits per heavy atom. The van der Waals surface area contributed by atoms with Gasteiger partial charge in [-0.1, -0.05) is 0 Å². The normalized spacial score (nSPS) is 16.2. The summed E-state index contributed by atoms with van der Waals surface area (Å²) >= 11 is -0.966. The molecule has 0 fully saturated rings. The van der Waals surface area contributed by atoms with Crippen molar-refractivity contribution in [2.75, 3.05) is 0 Å². The van der Waals surface area contributed by atoms with Gasteiger partial charge in [0.05, 0.1) is 0 Å².